The summed E-state index contributed by atoms with van der Waals surface area (Å²) in [4.78, 5) is 11.2. The van der Waals surface area contributed by atoms with Crippen LogP contribution in [0.5, 0.6) is 0 Å². The minimum atomic E-state index is 0.0252. The van der Waals surface area contributed by atoms with E-state index in [4.69, 9.17) is 0 Å². The molecule has 1 aliphatic rings. The highest BCUT2D eigenvalue weighted by Gasteiger charge is 2.20. The van der Waals surface area contributed by atoms with Gasteiger partial charge in [0, 0.05) is 12.3 Å². The first kappa shape index (κ1) is 6.58. The summed E-state index contributed by atoms with van der Waals surface area (Å²) in [5, 5.41) is 4.00. The summed E-state index contributed by atoms with van der Waals surface area (Å²) in [6, 6.07) is 3.62. The van der Waals surface area contributed by atoms with Crippen LogP contribution in [0.3, 0.4) is 0 Å². The molecule has 0 amide bonds. The van der Waals surface area contributed by atoms with Crippen molar-refractivity contribution >= 4 is 0 Å². The van der Waals surface area contributed by atoms with Gasteiger partial charge in [0.05, 0.1) is 6.04 Å². The third kappa shape index (κ3) is 1.06. The molecule has 0 aliphatic heterocycles. The lowest BCUT2D eigenvalue weighted by molar-refractivity contribution is 0.278. The van der Waals surface area contributed by atoms with Gasteiger partial charge in [-0.15, -0.1) is 0 Å². The lowest BCUT2D eigenvalue weighted by Crippen LogP contribution is -2.29. The Balaban J connectivity index is 2.36. The van der Waals surface area contributed by atoms with Crippen LogP contribution in [0.15, 0.2) is 23.1 Å². The average Bonchev–Trinajstić information content (AvgIpc) is 1.90. The fourth-order valence-corrected chi connectivity index (χ4v) is 1.27. The fourth-order valence-electron chi connectivity index (χ4n) is 1.27. The third-order valence-electron chi connectivity index (χ3n) is 2.16. The molecular formula is C8H10N2O. The van der Waals surface area contributed by atoms with Crippen molar-refractivity contribution in [1.29, 1.82) is 0 Å². The Bertz CT molecular complexity index is 301. The van der Waals surface area contributed by atoms with Gasteiger partial charge in [-0.05, 0) is 25.3 Å². The van der Waals surface area contributed by atoms with Gasteiger partial charge in [0.25, 0.3) is 5.56 Å². The van der Waals surface area contributed by atoms with Crippen LogP contribution in [-0.2, 0) is 0 Å². The minimum absolute atomic E-state index is 0.0252. The first-order valence-electron chi connectivity index (χ1n) is 3.92. The van der Waals surface area contributed by atoms with E-state index in [-0.39, 0.29) is 5.56 Å². The normalized spacial score (nSPS) is 17.8. The molecule has 0 aromatic carbocycles. The molecule has 11 heavy (non-hydrogen) atoms. The van der Waals surface area contributed by atoms with Crippen LogP contribution in [0.2, 0.25) is 0 Å². The maximum absolute atomic E-state index is 11.2. The predicted molar refractivity (Wildman–Crippen MR) is 41.4 cm³/mol. The molecule has 0 bridgehead atoms. The van der Waals surface area contributed by atoms with Crippen molar-refractivity contribution in [3.8, 4) is 0 Å². The van der Waals surface area contributed by atoms with E-state index >= 15 is 0 Å². The highest BCUT2D eigenvalue weighted by atomic mass is 16.1. The molecule has 0 spiro atoms. The molecule has 2 rings (SSSR count). The molecule has 3 nitrogen and oxygen atoms in total. The standard InChI is InChI=1S/C8H10N2O/c11-8-5-2-6-9-10(8)7-3-1-4-7/h2,5-7H,1,3-4H2. The van der Waals surface area contributed by atoms with Crippen molar-refractivity contribution in [3.05, 3.63) is 28.7 Å². The molecule has 1 aliphatic carbocycles. The van der Waals surface area contributed by atoms with Gasteiger partial charge in [-0.3, -0.25) is 4.79 Å². The molecule has 0 atom stereocenters. The summed E-state index contributed by atoms with van der Waals surface area (Å²) in [6.07, 6.45) is 5.11. The molecule has 1 saturated carbocycles. The Morgan fingerprint density at radius 3 is 2.91 bits per heavy atom. The third-order valence-corrected chi connectivity index (χ3v) is 2.16. The number of aromatic nitrogens is 2. The highest BCUT2D eigenvalue weighted by Crippen LogP contribution is 2.28. The molecule has 1 aromatic rings. The first-order valence-corrected chi connectivity index (χ1v) is 3.92. The fraction of sp³-hybridized carbons (Fsp3) is 0.500. The van der Waals surface area contributed by atoms with Gasteiger partial charge in [0.1, 0.15) is 0 Å². The molecule has 0 N–H and O–H groups in total. The summed E-state index contributed by atoms with van der Waals surface area (Å²) in [7, 11) is 0. The van der Waals surface area contributed by atoms with E-state index in [9.17, 15) is 4.79 Å². The molecule has 58 valence electrons. The Hall–Kier alpha value is -1.12. The first-order chi connectivity index (χ1) is 5.38. The van der Waals surface area contributed by atoms with Crippen molar-refractivity contribution in [3.63, 3.8) is 0 Å². The van der Waals surface area contributed by atoms with Gasteiger partial charge in [-0.25, -0.2) is 4.68 Å². The van der Waals surface area contributed by atoms with E-state index in [1.54, 1.807) is 23.0 Å². The minimum Gasteiger partial charge on any atom is -0.268 e. The second kappa shape index (κ2) is 2.49. The van der Waals surface area contributed by atoms with Gasteiger partial charge in [-0.1, -0.05) is 0 Å². The molecule has 0 radical (unpaired) electrons. The molecular weight excluding hydrogens is 140 g/mol. The molecule has 1 heterocycles. The van der Waals surface area contributed by atoms with E-state index in [1.807, 2.05) is 0 Å². The van der Waals surface area contributed by atoms with Crippen LogP contribution in [0, 0.1) is 0 Å². The Labute approximate surface area is 64.7 Å². The summed E-state index contributed by atoms with van der Waals surface area (Å²) in [5.74, 6) is 0. The number of hydrogen-bond donors (Lipinski definition) is 0. The lowest BCUT2D eigenvalue weighted by Gasteiger charge is -2.25. The average molecular weight is 150 g/mol. The van der Waals surface area contributed by atoms with Gasteiger partial charge in [0.2, 0.25) is 0 Å². The van der Waals surface area contributed by atoms with E-state index in [0.717, 1.165) is 12.8 Å². The van der Waals surface area contributed by atoms with E-state index < -0.39 is 0 Å². The second-order valence-electron chi connectivity index (χ2n) is 2.89. The summed E-state index contributed by atoms with van der Waals surface area (Å²) < 4.78 is 1.59. The van der Waals surface area contributed by atoms with Crippen LogP contribution >= 0.6 is 0 Å². The van der Waals surface area contributed by atoms with E-state index in [2.05, 4.69) is 5.10 Å². The Kier molecular flexibility index (Phi) is 1.49. The van der Waals surface area contributed by atoms with Crippen LogP contribution < -0.4 is 5.56 Å². The zero-order valence-electron chi connectivity index (χ0n) is 6.23. The predicted octanol–water partition coefficient (Wildman–Crippen LogP) is 0.968. The molecule has 1 fully saturated rings. The molecule has 3 heteroatoms. The summed E-state index contributed by atoms with van der Waals surface area (Å²) >= 11 is 0. The number of nitrogens with zero attached hydrogens (tertiary/aromatic N) is 2. The van der Waals surface area contributed by atoms with Crippen molar-refractivity contribution in [2.45, 2.75) is 25.3 Å². The second-order valence-corrected chi connectivity index (χ2v) is 2.89. The summed E-state index contributed by atoms with van der Waals surface area (Å²) in [5.41, 5.74) is 0.0252. The van der Waals surface area contributed by atoms with Gasteiger partial charge < -0.3 is 0 Å². The van der Waals surface area contributed by atoms with E-state index in [1.165, 1.54) is 6.42 Å². The molecule has 0 saturated heterocycles. The zero-order chi connectivity index (χ0) is 7.68. The van der Waals surface area contributed by atoms with E-state index in [0.29, 0.717) is 6.04 Å². The largest absolute Gasteiger partial charge is 0.268 e. The van der Waals surface area contributed by atoms with Crippen molar-refractivity contribution in [1.82, 2.24) is 9.78 Å². The number of rotatable bonds is 1. The Morgan fingerprint density at radius 1 is 1.55 bits per heavy atom. The maximum Gasteiger partial charge on any atom is 0.266 e. The van der Waals surface area contributed by atoms with Gasteiger partial charge >= 0.3 is 0 Å². The topological polar surface area (TPSA) is 34.9 Å². The maximum atomic E-state index is 11.2. The molecule has 0 unspecified atom stereocenters. The Morgan fingerprint density at radius 2 is 2.36 bits per heavy atom. The highest BCUT2D eigenvalue weighted by molar-refractivity contribution is 4.88. The van der Waals surface area contributed by atoms with Crippen molar-refractivity contribution in [2.75, 3.05) is 0 Å². The van der Waals surface area contributed by atoms with Crippen molar-refractivity contribution < 1.29 is 0 Å². The van der Waals surface area contributed by atoms with Crippen LogP contribution in [0.25, 0.3) is 0 Å². The lowest BCUT2D eigenvalue weighted by atomic mass is 9.93. The zero-order valence-corrected chi connectivity index (χ0v) is 6.23. The number of hydrogen-bond acceptors (Lipinski definition) is 2. The van der Waals surface area contributed by atoms with Crippen LogP contribution in [-0.4, -0.2) is 9.78 Å². The van der Waals surface area contributed by atoms with Crippen LogP contribution in [0.1, 0.15) is 25.3 Å². The monoisotopic (exact) mass is 150 g/mol. The van der Waals surface area contributed by atoms with Crippen molar-refractivity contribution in [2.24, 2.45) is 0 Å². The molecule has 1 aromatic heterocycles. The quantitative estimate of drug-likeness (QED) is 0.597. The van der Waals surface area contributed by atoms with Gasteiger partial charge in [0.15, 0.2) is 0 Å². The van der Waals surface area contributed by atoms with Gasteiger partial charge in [-0.2, -0.15) is 5.10 Å². The SMILES string of the molecule is O=c1cccnn1C1CCC1. The smallest absolute Gasteiger partial charge is 0.266 e. The summed E-state index contributed by atoms with van der Waals surface area (Å²) in [6.45, 7) is 0. The van der Waals surface area contributed by atoms with Crippen LogP contribution in [0.4, 0.5) is 0 Å².